The SMILES string of the molecule is CCCCCCCCCCCCc1ccsc1-c1cc(-c2sc(-c3cc4c(s3)-c3sc(-c5ccc(-c6ccc(-c7ccc(CCCCCC)s7)s6)c6nsnc56)cc3C4(CC(CC)CCCC)CC(CC)CCCC)cc2CCCCCCCCCCCC)c2cccccc1-2. The minimum atomic E-state index is -0.0579. The molecule has 0 radical (unpaired) electrons. The Morgan fingerprint density at radius 2 is 0.792 bits per heavy atom. The Bertz CT molecular complexity index is 3860. The average molecular weight is 1410 g/mol. The molecule has 9 heteroatoms. The molecule has 7 aromatic heterocycles. The van der Waals surface area contributed by atoms with Crippen molar-refractivity contribution in [1.82, 2.24) is 8.75 Å². The van der Waals surface area contributed by atoms with Crippen molar-refractivity contribution in [1.29, 1.82) is 0 Å². The number of benzene rings is 1. The van der Waals surface area contributed by atoms with Gasteiger partial charge in [0.15, 0.2) is 0 Å². The van der Waals surface area contributed by atoms with Gasteiger partial charge in [0.1, 0.15) is 11.0 Å². The zero-order valence-corrected chi connectivity index (χ0v) is 65.6. The molecule has 0 amide bonds. The number of unbranched alkanes of at least 4 members (excludes halogenated alkanes) is 23. The number of rotatable bonds is 45. The Hall–Kier alpha value is -4.06. The lowest BCUT2D eigenvalue weighted by Gasteiger charge is -2.37. The maximum Gasteiger partial charge on any atom is 0.114 e. The minimum Gasteiger partial charge on any atom is -0.172 e. The predicted octanol–water partition coefficient (Wildman–Crippen LogP) is 31.7. The van der Waals surface area contributed by atoms with Crippen LogP contribution in [0.5, 0.6) is 0 Å². The van der Waals surface area contributed by atoms with Crippen molar-refractivity contribution in [3.05, 3.63) is 130 Å². The second-order valence-corrected chi connectivity index (χ2v) is 35.6. The largest absolute Gasteiger partial charge is 0.172 e. The Kier molecular flexibility index (Phi) is 28.6. The third kappa shape index (κ3) is 18.0. The van der Waals surface area contributed by atoms with Crippen LogP contribution in [-0.4, -0.2) is 8.75 Å². The van der Waals surface area contributed by atoms with Gasteiger partial charge in [-0.2, -0.15) is 8.75 Å². The lowest BCUT2D eigenvalue weighted by Crippen LogP contribution is -2.31. The van der Waals surface area contributed by atoms with Crippen LogP contribution in [0.4, 0.5) is 0 Å². The Morgan fingerprint density at radius 3 is 1.38 bits per heavy atom. The summed E-state index contributed by atoms with van der Waals surface area (Å²) in [4.78, 5) is 15.9. The van der Waals surface area contributed by atoms with Gasteiger partial charge in [-0.15, -0.1) is 68.0 Å². The molecular weight excluding hydrogens is 1300 g/mol. The monoisotopic (exact) mass is 1410 g/mol. The molecule has 2 atom stereocenters. The van der Waals surface area contributed by atoms with E-state index in [1.54, 1.807) is 27.1 Å². The van der Waals surface area contributed by atoms with Gasteiger partial charge in [-0.05, 0) is 157 Å². The highest BCUT2D eigenvalue weighted by Gasteiger charge is 2.48. The van der Waals surface area contributed by atoms with Gasteiger partial charge < -0.3 is 0 Å². The highest BCUT2D eigenvalue weighted by Crippen LogP contribution is 2.64. The van der Waals surface area contributed by atoms with Crippen molar-refractivity contribution in [3.8, 4) is 82.2 Å². The van der Waals surface area contributed by atoms with Crippen LogP contribution in [0.1, 0.15) is 294 Å². The lowest BCUT2D eigenvalue weighted by atomic mass is 9.65. The van der Waals surface area contributed by atoms with Gasteiger partial charge in [-0.25, -0.2) is 0 Å². The van der Waals surface area contributed by atoms with E-state index in [9.17, 15) is 0 Å². The maximum atomic E-state index is 5.20. The number of nitrogens with zero attached hydrogens (tertiary/aromatic N) is 2. The first kappa shape index (κ1) is 73.2. The fourth-order valence-corrected chi connectivity index (χ4v) is 23.7. The van der Waals surface area contributed by atoms with Gasteiger partial charge in [0.05, 0.1) is 11.7 Å². The van der Waals surface area contributed by atoms with Crippen LogP contribution in [0, 0.1) is 11.8 Å². The second kappa shape index (κ2) is 37.6. The highest BCUT2D eigenvalue weighted by atomic mass is 32.1. The first-order chi connectivity index (χ1) is 47.3. The summed E-state index contributed by atoms with van der Waals surface area (Å²) in [6, 6.07) is 39.2. The van der Waals surface area contributed by atoms with Crippen molar-refractivity contribution in [3.63, 3.8) is 0 Å². The van der Waals surface area contributed by atoms with Gasteiger partial charge in [0.2, 0.25) is 0 Å². The van der Waals surface area contributed by atoms with E-state index >= 15 is 0 Å². The summed E-state index contributed by atoms with van der Waals surface area (Å²) in [5.41, 5.74) is 16.6. The summed E-state index contributed by atoms with van der Waals surface area (Å²) in [6.07, 6.45) is 48.6. The topological polar surface area (TPSA) is 25.8 Å². The molecule has 0 N–H and O–H groups in total. The van der Waals surface area contributed by atoms with Crippen LogP contribution in [0.25, 0.3) is 93.2 Å². The fraction of sp³-hybridized carbons (Fsp3) is 0.540. The van der Waals surface area contributed by atoms with Crippen LogP contribution in [-0.2, 0) is 24.7 Å². The summed E-state index contributed by atoms with van der Waals surface area (Å²) in [5, 5.41) is 2.38. The number of aromatic nitrogens is 2. The molecule has 3 aliphatic carbocycles. The number of hydrogen-bond acceptors (Lipinski definition) is 9. The van der Waals surface area contributed by atoms with E-state index in [1.165, 1.54) is 325 Å². The summed E-state index contributed by atoms with van der Waals surface area (Å²) >= 11 is 13.6. The molecular formula is C87H114N2S7. The van der Waals surface area contributed by atoms with Crippen LogP contribution in [0.2, 0.25) is 0 Å². The van der Waals surface area contributed by atoms with E-state index in [0.717, 1.165) is 17.5 Å². The third-order valence-corrected chi connectivity index (χ3v) is 29.4. The first-order valence-corrected chi connectivity index (χ1v) is 44.5. The Morgan fingerprint density at radius 1 is 0.333 bits per heavy atom. The Balaban J connectivity index is 0.962. The molecule has 11 rings (SSSR count). The third-order valence-electron chi connectivity index (χ3n) is 21.6. The fourth-order valence-electron chi connectivity index (χ4n) is 15.9. The first-order valence-electron chi connectivity index (χ1n) is 38.8. The molecule has 1 aromatic carbocycles. The summed E-state index contributed by atoms with van der Waals surface area (Å²) in [6.45, 7) is 16.7. The quantitative estimate of drug-likeness (QED) is 0.0356. The molecule has 2 unspecified atom stereocenters. The Labute approximate surface area is 609 Å². The number of fused-ring (bicyclic) bond motifs is 5. The maximum absolute atomic E-state index is 5.20. The van der Waals surface area contributed by atoms with E-state index < -0.39 is 0 Å². The molecule has 8 aromatic rings. The van der Waals surface area contributed by atoms with Crippen molar-refractivity contribution in [2.24, 2.45) is 11.8 Å². The second-order valence-electron chi connectivity index (χ2n) is 28.7. The molecule has 0 spiro atoms. The summed E-state index contributed by atoms with van der Waals surface area (Å²) in [5.74, 6) is 1.33. The molecule has 514 valence electrons. The van der Waals surface area contributed by atoms with E-state index in [-0.39, 0.29) is 5.41 Å². The van der Waals surface area contributed by atoms with E-state index in [4.69, 9.17) is 8.75 Å². The molecule has 2 nitrogen and oxygen atoms in total. The van der Waals surface area contributed by atoms with Crippen LogP contribution in [0.15, 0.2) is 102 Å². The van der Waals surface area contributed by atoms with E-state index in [1.807, 2.05) is 34.0 Å². The van der Waals surface area contributed by atoms with Gasteiger partial charge >= 0.3 is 0 Å². The molecule has 0 fully saturated rings. The molecule has 7 heterocycles. The standard InChI is InChI=1S/C87H114N2S7/c1-8-15-20-23-25-27-29-31-33-36-43-64-54-55-90-83(64)71-57-72(68-47-40-35-39-46-67(68)71)84-65(44-37-34-32-30-28-26-24-21-16-9-2)56-79(94-84)80-59-74-86(95-80)85-73(87(74,60-62(13-6)41-18-11-4)61-63(14-7)42-19-12-5)58-78(93-85)70-50-49-69(81-82(70)89-96-88-81)75-52-53-77(92-75)76-51-48-66(91-76)45-38-22-17-10-3/h35,39-40,46-59,62-63H,8-34,36-38,41-45,60-61H2,1-7H3. The summed E-state index contributed by atoms with van der Waals surface area (Å²) < 4.78 is 10.3. The molecule has 0 bridgehead atoms. The highest BCUT2D eigenvalue weighted by molar-refractivity contribution is 7.28. The zero-order chi connectivity index (χ0) is 66.5. The number of aryl methyl sites for hydroxylation is 3. The van der Waals surface area contributed by atoms with Crippen molar-refractivity contribution < 1.29 is 0 Å². The molecule has 96 heavy (non-hydrogen) atoms. The lowest BCUT2D eigenvalue weighted by molar-refractivity contribution is 0.266. The van der Waals surface area contributed by atoms with Crippen LogP contribution in [0.3, 0.4) is 0 Å². The smallest absolute Gasteiger partial charge is 0.114 e. The predicted molar refractivity (Wildman–Crippen MR) is 435 cm³/mol. The van der Waals surface area contributed by atoms with Gasteiger partial charge in [0, 0.05) is 81.3 Å². The van der Waals surface area contributed by atoms with Crippen LogP contribution < -0.4 is 0 Å². The molecule has 0 aliphatic heterocycles. The summed E-state index contributed by atoms with van der Waals surface area (Å²) in [7, 11) is 0. The molecule has 0 saturated heterocycles. The van der Waals surface area contributed by atoms with Gasteiger partial charge in [-0.3, -0.25) is 0 Å². The molecule has 0 saturated carbocycles. The average Bonchev–Trinajstić information content (AvgIpc) is 1.54. The van der Waals surface area contributed by atoms with E-state index in [0.29, 0.717) is 11.8 Å². The van der Waals surface area contributed by atoms with Crippen molar-refractivity contribution >= 4 is 90.8 Å². The van der Waals surface area contributed by atoms with Gasteiger partial charge in [0.25, 0.3) is 0 Å². The van der Waals surface area contributed by atoms with Gasteiger partial charge in [-0.1, -0.05) is 277 Å². The van der Waals surface area contributed by atoms with E-state index in [2.05, 4.69) is 185 Å². The normalized spacial score (nSPS) is 14.4. The molecule has 3 aliphatic rings. The van der Waals surface area contributed by atoms with Crippen molar-refractivity contribution in [2.75, 3.05) is 0 Å². The zero-order valence-electron chi connectivity index (χ0n) is 59.9. The number of thiophene rings is 6. The minimum absolute atomic E-state index is 0.0579. The van der Waals surface area contributed by atoms with Crippen LogP contribution >= 0.6 is 79.7 Å². The number of hydrogen-bond donors (Lipinski definition) is 0. The van der Waals surface area contributed by atoms with Crippen molar-refractivity contribution in [2.45, 2.75) is 291 Å².